The lowest BCUT2D eigenvalue weighted by atomic mass is 10.0. The third-order valence-corrected chi connectivity index (χ3v) is 6.12. The van der Waals surface area contributed by atoms with Gasteiger partial charge in [-0.15, -0.1) is 0 Å². The third kappa shape index (κ3) is 8.14. The predicted molar refractivity (Wildman–Crippen MR) is 140 cm³/mol. The van der Waals surface area contributed by atoms with E-state index in [9.17, 15) is 9.59 Å². The number of halogens is 1. The minimum Gasteiger partial charge on any atom is -0.497 e. The molecule has 0 aromatic heterocycles. The molecule has 0 aliphatic carbocycles. The van der Waals surface area contributed by atoms with Gasteiger partial charge in [-0.05, 0) is 53.9 Å². The number of carbonyl (C=O) groups excluding carboxylic acids is 2. The summed E-state index contributed by atoms with van der Waals surface area (Å²) < 4.78 is 11.9. The second-order valence-electron chi connectivity index (χ2n) is 8.10. The third-order valence-electron chi connectivity index (χ3n) is 5.62. The van der Waals surface area contributed by atoms with Crippen LogP contribution >= 0.6 is 15.9 Å². The molecule has 0 aliphatic rings. The zero-order valence-electron chi connectivity index (χ0n) is 20.1. The van der Waals surface area contributed by atoms with Crippen molar-refractivity contribution in [2.75, 3.05) is 20.8 Å². The molecule has 0 unspecified atom stereocenters. The molecular weight excluding hydrogens is 508 g/mol. The Morgan fingerprint density at radius 3 is 2.29 bits per heavy atom. The van der Waals surface area contributed by atoms with Crippen LogP contribution in [0.3, 0.4) is 0 Å². The summed E-state index contributed by atoms with van der Waals surface area (Å²) >= 11 is 3.50. The van der Waals surface area contributed by atoms with Crippen LogP contribution in [0.2, 0.25) is 0 Å². The zero-order valence-corrected chi connectivity index (χ0v) is 21.7. The Kier molecular flexibility index (Phi) is 10.2. The van der Waals surface area contributed by atoms with E-state index in [4.69, 9.17) is 9.47 Å². The fourth-order valence-electron chi connectivity index (χ4n) is 3.78. The predicted octanol–water partition coefficient (Wildman–Crippen LogP) is 5.00. The highest BCUT2D eigenvalue weighted by Gasteiger charge is 2.29. The van der Waals surface area contributed by atoms with E-state index in [1.54, 1.807) is 19.1 Å². The van der Waals surface area contributed by atoms with Gasteiger partial charge in [0.2, 0.25) is 11.8 Å². The van der Waals surface area contributed by atoms with E-state index in [2.05, 4.69) is 21.2 Å². The van der Waals surface area contributed by atoms with Crippen LogP contribution < -0.4 is 14.8 Å². The number of methoxy groups -OCH3 is 1. The Bertz CT molecular complexity index is 1090. The van der Waals surface area contributed by atoms with Crippen molar-refractivity contribution in [1.82, 2.24) is 10.2 Å². The van der Waals surface area contributed by atoms with E-state index >= 15 is 0 Å². The van der Waals surface area contributed by atoms with Gasteiger partial charge in [0.15, 0.2) is 0 Å². The molecular formula is C28H31BrN2O4. The highest BCUT2D eigenvalue weighted by Crippen LogP contribution is 2.20. The Hall–Kier alpha value is -3.32. The molecule has 0 saturated carbocycles. The number of hydrogen-bond acceptors (Lipinski definition) is 4. The van der Waals surface area contributed by atoms with Crippen LogP contribution in [-0.4, -0.2) is 43.5 Å². The van der Waals surface area contributed by atoms with Crippen LogP contribution in [0.15, 0.2) is 83.3 Å². The second kappa shape index (κ2) is 13.5. The number of ether oxygens (including phenoxy) is 2. The molecule has 1 N–H and O–H groups in total. The van der Waals surface area contributed by atoms with E-state index < -0.39 is 6.04 Å². The van der Waals surface area contributed by atoms with Crippen LogP contribution in [0.4, 0.5) is 0 Å². The second-order valence-corrected chi connectivity index (χ2v) is 9.01. The van der Waals surface area contributed by atoms with Crippen LogP contribution in [0.1, 0.15) is 24.0 Å². The standard InChI is InChI=1S/C28H31BrN2O4/c1-30-28(33)26(19-21-8-4-3-5-9-21)31(20-22-10-6-11-23(29)18-22)27(32)12-7-17-35-25-15-13-24(34-2)14-16-25/h3-6,8-11,13-16,18,26H,7,12,17,19-20H2,1-2H3,(H,30,33)/t26-/m1/s1. The van der Waals surface area contributed by atoms with E-state index in [1.165, 1.54) is 0 Å². The number of amides is 2. The molecule has 35 heavy (non-hydrogen) atoms. The molecule has 0 bridgehead atoms. The highest BCUT2D eigenvalue weighted by molar-refractivity contribution is 9.10. The lowest BCUT2D eigenvalue weighted by molar-refractivity contribution is -0.141. The number of likely N-dealkylation sites (N-methyl/N-ethyl adjacent to an activating group) is 1. The summed E-state index contributed by atoms with van der Waals surface area (Å²) in [5.74, 6) is 1.20. The first-order chi connectivity index (χ1) is 17.0. The number of hydrogen-bond donors (Lipinski definition) is 1. The van der Waals surface area contributed by atoms with Gasteiger partial charge in [0, 0.05) is 30.9 Å². The molecule has 0 fully saturated rings. The lowest BCUT2D eigenvalue weighted by Crippen LogP contribution is -2.49. The normalized spacial score (nSPS) is 11.4. The van der Waals surface area contributed by atoms with Crippen molar-refractivity contribution in [1.29, 1.82) is 0 Å². The maximum Gasteiger partial charge on any atom is 0.242 e. The number of carbonyl (C=O) groups is 2. The summed E-state index contributed by atoms with van der Waals surface area (Å²) in [5.41, 5.74) is 1.94. The molecule has 2 amide bonds. The van der Waals surface area contributed by atoms with E-state index in [1.807, 2.05) is 78.9 Å². The average molecular weight is 539 g/mol. The van der Waals surface area contributed by atoms with Crippen molar-refractivity contribution in [3.63, 3.8) is 0 Å². The van der Waals surface area contributed by atoms with Gasteiger partial charge in [0.1, 0.15) is 17.5 Å². The van der Waals surface area contributed by atoms with Crippen molar-refractivity contribution in [2.45, 2.75) is 31.8 Å². The van der Waals surface area contributed by atoms with Crippen molar-refractivity contribution in [2.24, 2.45) is 0 Å². The van der Waals surface area contributed by atoms with Crippen molar-refractivity contribution in [3.05, 3.63) is 94.5 Å². The van der Waals surface area contributed by atoms with Gasteiger partial charge < -0.3 is 19.7 Å². The Morgan fingerprint density at radius 1 is 0.943 bits per heavy atom. The summed E-state index contributed by atoms with van der Waals surface area (Å²) in [6.07, 6.45) is 1.24. The van der Waals surface area contributed by atoms with E-state index in [-0.39, 0.29) is 18.2 Å². The number of nitrogens with zero attached hydrogens (tertiary/aromatic N) is 1. The van der Waals surface area contributed by atoms with Gasteiger partial charge in [-0.2, -0.15) is 0 Å². The van der Waals surface area contributed by atoms with Gasteiger partial charge in [-0.25, -0.2) is 0 Å². The summed E-state index contributed by atoms with van der Waals surface area (Å²) in [6, 6.07) is 24.3. The first-order valence-corrected chi connectivity index (χ1v) is 12.4. The molecule has 1 atom stereocenters. The number of rotatable bonds is 12. The van der Waals surface area contributed by atoms with Crippen molar-refractivity contribution >= 4 is 27.7 Å². The molecule has 3 aromatic carbocycles. The van der Waals surface area contributed by atoms with Crippen molar-refractivity contribution < 1.29 is 19.1 Å². The zero-order chi connectivity index (χ0) is 25.0. The van der Waals surface area contributed by atoms with Crippen LogP contribution in [0.25, 0.3) is 0 Å². The van der Waals surface area contributed by atoms with Gasteiger partial charge >= 0.3 is 0 Å². The molecule has 3 rings (SSSR count). The monoisotopic (exact) mass is 538 g/mol. The fraction of sp³-hybridized carbons (Fsp3) is 0.286. The summed E-state index contributed by atoms with van der Waals surface area (Å²) in [4.78, 5) is 28.1. The molecule has 6 nitrogen and oxygen atoms in total. The molecule has 0 heterocycles. The van der Waals surface area contributed by atoms with E-state index in [0.717, 1.165) is 27.1 Å². The van der Waals surface area contributed by atoms with Gasteiger partial charge in [-0.1, -0.05) is 58.4 Å². The quantitative estimate of drug-likeness (QED) is 0.329. The molecule has 7 heteroatoms. The first kappa shape index (κ1) is 26.3. The number of nitrogens with one attached hydrogen (secondary N) is 1. The van der Waals surface area contributed by atoms with Gasteiger partial charge in [0.05, 0.1) is 13.7 Å². The largest absolute Gasteiger partial charge is 0.497 e. The minimum absolute atomic E-state index is 0.0900. The van der Waals surface area contributed by atoms with Gasteiger partial charge in [0.25, 0.3) is 0 Å². The average Bonchev–Trinajstić information content (AvgIpc) is 2.89. The smallest absolute Gasteiger partial charge is 0.242 e. The van der Waals surface area contributed by atoms with E-state index in [0.29, 0.717) is 26.0 Å². The Labute approximate surface area is 215 Å². The topological polar surface area (TPSA) is 67.9 Å². The van der Waals surface area contributed by atoms with Gasteiger partial charge in [-0.3, -0.25) is 9.59 Å². The van der Waals surface area contributed by atoms with Crippen LogP contribution in [0, 0.1) is 0 Å². The molecule has 0 radical (unpaired) electrons. The summed E-state index contributed by atoms with van der Waals surface area (Å²) in [5, 5.41) is 2.74. The fourth-order valence-corrected chi connectivity index (χ4v) is 4.23. The molecule has 184 valence electrons. The molecule has 3 aromatic rings. The maximum absolute atomic E-state index is 13.4. The summed E-state index contributed by atoms with van der Waals surface area (Å²) in [7, 11) is 3.22. The highest BCUT2D eigenvalue weighted by atomic mass is 79.9. The van der Waals surface area contributed by atoms with Crippen LogP contribution in [-0.2, 0) is 22.6 Å². The SMILES string of the molecule is CNC(=O)[C@@H](Cc1ccccc1)N(Cc1cccc(Br)c1)C(=O)CCCOc1ccc(OC)cc1. The Morgan fingerprint density at radius 2 is 1.63 bits per heavy atom. The molecule has 0 saturated heterocycles. The molecule has 0 spiro atoms. The minimum atomic E-state index is -0.628. The summed E-state index contributed by atoms with van der Waals surface area (Å²) in [6.45, 7) is 0.731. The van der Waals surface area contributed by atoms with Crippen molar-refractivity contribution in [3.8, 4) is 11.5 Å². The lowest BCUT2D eigenvalue weighted by Gasteiger charge is -2.31. The number of benzene rings is 3. The Balaban J connectivity index is 1.72. The maximum atomic E-state index is 13.4. The van der Waals surface area contributed by atoms with Crippen LogP contribution in [0.5, 0.6) is 11.5 Å². The molecule has 0 aliphatic heterocycles. The first-order valence-electron chi connectivity index (χ1n) is 11.6.